The standard InChI is InChI=1S/C21H22ClN3O/c1-3-20-15(2)21(25-14-24-20)23-13-12-16-4-8-18(9-5-16)26-19-10-6-17(22)7-11-19/h4-11,14H,3,12-13H2,1-2H3,(H,23,24,25). The van der Waals surface area contributed by atoms with E-state index in [0.29, 0.717) is 5.02 Å². The van der Waals surface area contributed by atoms with Gasteiger partial charge in [0.2, 0.25) is 0 Å². The molecule has 0 spiro atoms. The van der Waals surface area contributed by atoms with Crippen LogP contribution in [0.2, 0.25) is 5.02 Å². The molecule has 1 aromatic heterocycles. The highest BCUT2D eigenvalue weighted by Gasteiger charge is 2.05. The summed E-state index contributed by atoms with van der Waals surface area (Å²) < 4.78 is 5.81. The van der Waals surface area contributed by atoms with Crippen molar-refractivity contribution in [1.82, 2.24) is 9.97 Å². The third kappa shape index (κ3) is 4.73. The fraction of sp³-hybridized carbons (Fsp3) is 0.238. The summed E-state index contributed by atoms with van der Waals surface area (Å²) in [4.78, 5) is 8.63. The van der Waals surface area contributed by atoms with Crippen LogP contribution in [0.15, 0.2) is 54.9 Å². The Morgan fingerprint density at radius 1 is 0.962 bits per heavy atom. The van der Waals surface area contributed by atoms with E-state index < -0.39 is 0 Å². The maximum absolute atomic E-state index is 5.89. The fourth-order valence-electron chi connectivity index (χ4n) is 2.71. The lowest BCUT2D eigenvalue weighted by atomic mass is 10.1. The van der Waals surface area contributed by atoms with E-state index in [0.717, 1.165) is 48.0 Å². The van der Waals surface area contributed by atoms with Crippen LogP contribution in [0.25, 0.3) is 0 Å². The first-order valence-electron chi connectivity index (χ1n) is 8.72. The molecule has 0 fully saturated rings. The second-order valence-electron chi connectivity index (χ2n) is 6.02. The molecule has 0 aliphatic carbocycles. The van der Waals surface area contributed by atoms with Crippen molar-refractivity contribution in [2.24, 2.45) is 0 Å². The van der Waals surface area contributed by atoms with Crippen molar-refractivity contribution in [1.29, 1.82) is 0 Å². The quantitative estimate of drug-likeness (QED) is 0.603. The largest absolute Gasteiger partial charge is 0.457 e. The summed E-state index contributed by atoms with van der Waals surface area (Å²) in [6, 6.07) is 15.5. The van der Waals surface area contributed by atoms with Crippen LogP contribution >= 0.6 is 11.6 Å². The Kier molecular flexibility index (Phi) is 6.08. The summed E-state index contributed by atoms with van der Waals surface area (Å²) in [5.41, 5.74) is 3.45. The van der Waals surface area contributed by atoms with E-state index in [1.807, 2.05) is 36.4 Å². The monoisotopic (exact) mass is 367 g/mol. The lowest BCUT2D eigenvalue weighted by molar-refractivity contribution is 0.482. The van der Waals surface area contributed by atoms with Crippen LogP contribution in [0.1, 0.15) is 23.7 Å². The number of hydrogen-bond acceptors (Lipinski definition) is 4. The van der Waals surface area contributed by atoms with Crippen LogP contribution in [0.3, 0.4) is 0 Å². The van der Waals surface area contributed by atoms with Gasteiger partial charge < -0.3 is 10.1 Å². The van der Waals surface area contributed by atoms with Crippen molar-refractivity contribution < 1.29 is 4.74 Å². The summed E-state index contributed by atoms with van der Waals surface area (Å²) in [6.45, 7) is 4.98. The van der Waals surface area contributed by atoms with E-state index in [1.165, 1.54) is 5.56 Å². The van der Waals surface area contributed by atoms with E-state index in [2.05, 4.69) is 41.3 Å². The topological polar surface area (TPSA) is 47.0 Å². The third-order valence-electron chi connectivity index (χ3n) is 4.20. The maximum atomic E-state index is 5.89. The Morgan fingerprint density at radius 3 is 2.27 bits per heavy atom. The minimum atomic E-state index is 0.699. The molecule has 0 atom stereocenters. The number of hydrogen-bond donors (Lipinski definition) is 1. The highest BCUT2D eigenvalue weighted by atomic mass is 35.5. The van der Waals surface area contributed by atoms with Crippen molar-refractivity contribution in [3.05, 3.63) is 76.7 Å². The van der Waals surface area contributed by atoms with Gasteiger partial charge in [0, 0.05) is 22.8 Å². The molecule has 0 saturated heterocycles. The first-order chi connectivity index (χ1) is 12.7. The summed E-state index contributed by atoms with van der Waals surface area (Å²) in [6.07, 6.45) is 3.45. The van der Waals surface area contributed by atoms with Gasteiger partial charge in [-0.3, -0.25) is 0 Å². The molecule has 4 nitrogen and oxygen atoms in total. The molecule has 0 bridgehead atoms. The molecule has 0 aliphatic heterocycles. The van der Waals surface area contributed by atoms with Gasteiger partial charge in [-0.2, -0.15) is 0 Å². The lowest BCUT2D eigenvalue weighted by Crippen LogP contribution is -2.09. The normalized spacial score (nSPS) is 10.6. The lowest BCUT2D eigenvalue weighted by Gasteiger charge is -2.11. The van der Waals surface area contributed by atoms with Crippen LogP contribution in [0.4, 0.5) is 5.82 Å². The molecule has 1 N–H and O–H groups in total. The number of rotatable bonds is 7. The van der Waals surface area contributed by atoms with Crippen LogP contribution in [-0.4, -0.2) is 16.5 Å². The van der Waals surface area contributed by atoms with Crippen molar-refractivity contribution in [3.8, 4) is 11.5 Å². The van der Waals surface area contributed by atoms with Gasteiger partial charge in [0.25, 0.3) is 0 Å². The van der Waals surface area contributed by atoms with Crippen LogP contribution in [-0.2, 0) is 12.8 Å². The van der Waals surface area contributed by atoms with Crippen molar-refractivity contribution >= 4 is 17.4 Å². The maximum Gasteiger partial charge on any atom is 0.132 e. The molecule has 2 aromatic carbocycles. The number of benzene rings is 2. The predicted octanol–water partition coefficient (Wildman–Crippen LogP) is 5.45. The Labute approximate surface area is 159 Å². The van der Waals surface area contributed by atoms with Gasteiger partial charge in [-0.05, 0) is 61.7 Å². The molecule has 134 valence electrons. The molecule has 0 aliphatic rings. The highest BCUT2D eigenvalue weighted by Crippen LogP contribution is 2.23. The second kappa shape index (κ2) is 8.68. The number of nitrogens with one attached hydrogen (secondary N) is 1. The molecule has 0 radical (unpaired) electrons. The van der Waals surface area contributed by atoms with Crippen molar-refractivity contribution in [3.63, 3.8) is 0 Å². The Hall–Kier alpha value is -2.59. The SMILES string of the molecule is CCc1ncnc(NCCc2ccc(Oc3ccc(Cl)cc3)cc2)c1C. The van der Waals surface area contributed by atoms with Crippen LogP contribution in [0.5, 0.6) is 11.5 Å². The van der Waals surface area contributed by atoms with Crippen molar-refractivity contribution in [2.75, 3.05) is 11.9 Å². The number of halogens is 1. The Morgan fingerprint density at radius 2 is 1.62 bits per heavy atom. The first kappa shape index (κ1) is 18.2. The van der Waals surface area contributed by atoms with E-state index >= 15 is 0 Å². The van der Waals surface area contributed by atoms with Gasteiger partial charge >= 0.3 is 0 Å². The Bertz CT molecular complexity index is 848. The van der Waals surface area contributed by atoms with E-state index in [1.54, 1.807) is 6.33 Å². The molecular weight excluding hydrogens is 346 g/mol. The van der Waals surface area contributed by atoms with Gasteiger partial charge in [-0.15, -0.1) is 0 Å². The molecule has 3 rings (SSSR count). The van der Waals surface area contributed by atoms with Crippen molar-refractivity contribution in [2.45, 2.75) is 26.7 Å². The zero-order chi connectivity index (χ0) is 18.4. The van der Waals surface area contributed by atoms with Crippen LogP contribution < -0.4 is 10.1 Å². The molecule has 3 aromatic rings. The van der Waals surface area contributed by atoms with Gasteiger partial charge in [0.1, 0.15) is 23.6 Å². The third-order valence-corrected chi connectivity index (χ3v) is 4.45. The Balaban J connectivity index is 1.54. The van der Waals surface area contributed by atoms with E-state index in [4.69, 9.17) is 16.3 Å². The number of aryl methyl sites for hydroxylation is 1. The van der Waals surface area contributed by atoms with Gasteiger partial charge in [-0.25, -0.2) is 9.97 Å². The van der Waals surface area contributed by atoms with Gasteiger partial charge in [-0.1, -0.05) is 30.7 Å². The summed E-state index contributed by atoms with van der Waals surface area (Å²) in [7, 11) is 0. The molecule has 0 amide bonds. The van der Waals surface area contributed by atoms with E-state index in [-0.39, 0.29) is 0 Å². The number of aromatic nitrogens is 2. The zero-order valence-corrected chi connectivity index (χ0v) is 15.8. The second-order valence-corrected chi connectivity index (χ2v) is 6.46. The number of ether oxygens (including phenoxy) is 1. The molecule has 0 saturated carbocycles. The average Bonchev–Trinajstić information content (AvgIpc) is 2.66. The average molecular weight is 368 g/mol. The zero-order valence-electron chi connectivity index (χ0n) is 15.0. The molecule has 5 heteroatoms. The highest BCUT2D eigenvalue weighted by molar-refractivity contribution is 6.30. The molecule has 0 unspecified atom stereocenters. The summed E-state index contributed by atoms with van der Waals surface area (Å²) in [5, 5.41) is 4.10. The summed E-state index contributed by atoms with van der Waals surface area (Å²) in [5.74, 6) is 2.50. The van der Waals surface area contributed by atoms with Gasteiger partial charge in [0.05, 0.1) is 0 Å². The predicted molar refractivity (Wildman–Crippen MR) is 106 cm³/mol. The fourth-order valence-corrected chi connectivity index (χ4v) is 2.84. The minimum Gasteiger partial charge on any atom is -0.457 e. The van der Waals surface area contributed by atoms with Crippen LogP contribution in [0, 0.1) is 6.92 Å². The molecular formula is C21H22ClN3O. The summed E-state index contributed by atoms with van der Waals surface area (Å²) >= 11 is 5.89. The molecule has 1 heterocycles. The number of anilines is 1. The van der Waals surface area contributed by atoms with Gasteiger partial charge in [0.15, 0.2) is 0 Å². The molecule has 26 heavy (non-hydrogen) atoms. The first-order valence-corrected chi connectivity index (χ1v) is 9.10. The minimum absolute atomic E-state index is 0.699. The van der Waals surface area contributed by atoms with E-state index in [9.17, 15) is 0 Å². The smallest absolute Gasteiger partial charge is 0.132 e. The number of nitrogens with zero attached hydrogens (tertiary/aromatic N) is 2.